The molecule has 2 saturated carbocycles. The summed E-state index contributed by atoms with van der Waals surface area (Å²) in [6, 6.07) is 7.41. The number of rotatable bonds is 7. The fraction of sp³-hybridized carbons (Fsp3) is 0.448. The summed E-state index contributed by atoms with van der Waals surface area (Å²) in [6.45, 7) is 0.704. The summed E-state index contributed by atoms with van der Waals surface area (Å²) in [5, 5.41) is 6.50. The largest absolute Gasteiger partial charge is 0.451 e. The smallest absolute Gasteiger partial charge is 0.287 e. The number of ketones is 1. The maximum Gasteiger partial charge on any atom is 0.287 e. The molecule has 2 aromatic heterocycles. The van der Waals surface area contributed by atoms with Crippen molar-refractivity contribution in [2.75, 3.05) is 11.4 Å². The summed E-state index contributed by atoms with van der Waals surface area (Å²) in [6.07, 6.45) is 13.3. The number of carbonyl (C=O) groups is 3. The van der Waals surface area contributed by atoms with Crippen LogP contribution in [0.4, 0.5) is 5.13 Å². The number of aromatic nitrogens is 1. The topological polar surface area (TPSA) is 92.5 Å². The second kappa shape index (κ2) is 9.14. The van der Waals surface area contributed by atoms with Crippen molar-refractivity contribution >= 4 is 45.0 Å². The number of hydrogen-bond donors (Lipinski definition) is 1. The van der Waals surface area contributed by atoms with Crippen molar-refractivity contribution < 1.29 is 18.8 Å². The highest BCUT2D eigenvalue weighted by atomic mass is 32.1. The number of carbonyl (C=O) groups excluding carboxylic acids is 3. The number of nitrogens with one attached hydrogen (secondary N) is 1. The van der Waals surface area contributed by atoms with Crippen LogP contribution < -0.4 is 10.2 Å². The highest BCUT2D eigenvalue weighted by molar-refractivity contribution is 7.14. The summed E-state index contributed by atoms with van der Waals surface area (Å²) in [5.41, 5.74) is 0.988. The monoisotopic (exact) mass is 515 g/mol. The summed E-state index contributed by atoms with van der Waals surface area (Å²) in [7, 11) is 0. The molecule has 0 spiro atoms. The highest BCUT2D eigenvalue weighted by Crippen LogP contribution is 2.49. The van der Waals surface area contributed by atoms with Crippen LogP contribution in [0, 0.1) is 17.8 Å². The van der Waals surface area contributed by atoms with Crippen LogP contribution in [0.1, 0.15) is 74.8 Å². The molecule has 0 radical (unpaired) electrons. The van der Waals surface area contributed by atoms with Crippen molar-refractivity contribution in [3.63, 3.8) is 0 Å². The van der Waals surface area contributed by atoms with Crippen LogP contribution >= 0.6 is 11.3 Å². The number of terminal acetylenes is 1. The zero-order valence-corrected chi connectivity index (χ0v) is 21.5. The van der Waals surface area contributed by atoms with Gasteiger partial charge in [-0.1, -0.05) is 37.3 Å². The highest BCUT2D eigenvalue weighted by Gasteiger charge is 2.49. The number of hydrogen-bond acceptors (Lipinski definition) is 6. The standard InChI is InChI=1S/C29H29N3O4S/c1-2-28(12-13-28)17-24(33)29(10-4-3-5-11-29)31-26(35)23-16-20-9-8-19(15-22(20)36-23)21-18-37-27(30-21)32-14-6-7-25(32)34/h1,8-9,15-16,18H,3-7,10-14,17H2,(H,31,35). The molecular formula is C29H29N3O4S. The van der Waals surface area contributed by atoms with E-state index >= 15 is 0 Å². The lowest BCUT2D eigenvalue weighted by molar-refractivity contribution is -0.127. The van der Waals surface area contributed by atoms with Crippen molar-refractivity contribution in [3.05, 3.63) is 35.4 Å². The van der Waals surface area contributed by atoms with Crippen molar-refractivity contribution in [3.8, 4) is 23.6 Å². The fourth-order valence-corrected chi connectivity index (χ4v) is 6.46. The number of furan rings is 1. The quantitative estimate of drug-likeness (QED) is 0.420. The molecule has 8 heteroatoms. The van der Waals surface area contributed by atoms with Crippen LogP contribution in [0.2, 0.25) is 0 Å². The maximum absolute atomic E-state index is 13.4. The van der Waals surface area contributed by atoms with Gasteiger partial charge in [0.25, 0.3) is 5.91 Å². The Morgan fingerprint density at radius 2 is 1.95 bits per heavy atom. The van der Waals surface area contributed by atoms with Gasteiger partial charge in [-0.2, -0.15) is 0 Å². The van der Waals surface area contributed by atoms with E-state index in [9.17, 15) is 14.4 Å². The van der Waals surface area contributed by atoms with E-state index < -0.39 is 5.54 Å². The Balaban J connectivity index is 1.22. The molecule has 3 fully saturated rings. The zero-order chi connectivity index (χ0) is 25.6. The summed E-state index contributed by atoms with van der Waals surface area (Å²) >= 11 is 1.45. The first-order valence-electron chi connectivity index (χ1n) is 13.0. The molecule has 1 aromatic carbocycles. The predicted octanol–water partition coefficient (Wildman–Crippen LogP) is 5.49. The second-order valence-corrected chi connectivity index (χ2v) is 11.5. The van der Waals surface area contributed by atoms with Crippen LogP contribution in [-0.2, 0) is 9.59 Å². The molecule has 6 rings (SSSR count). The summed E-state index contributed by atoms with van der Waals surface area (Å²) in [5.74, 6) is 2.77. The van der Waals surface area contributed by atoms with Crippen molar-refractivity contribution in [2.45, 2.75) is 69.7 Å². The number of nitrogens with zero attached hydrogens (tertiary/aromatic N) is 2. The van der Waals surface area contributed by atoms with Crippen LogP contribution in [-0.4, -0.2) is 34.7 Å². The van der Waals surface area contributed by atoms with E-state index in [4.69, 9.17) is 10.8 Å². The van der Waals surface area contributed by atoms with Gasteiger partial charge in [0.2, 0.25) is 5.91 Å². The zero-order valence-electron chi connectivity index (χ0n) is 20.7. The van der Waals surface area contributed by atoms with Crippen molar-refractivity contribution in [1.29, 1.82) is 0 Å². The van der Waals surface area contributed by atoms with Crippen LogP contribution in [0.3, 0.4) is 0 Å². The summed E-state index contributed by atoms with van der Waals surface area (Å²) < 4.78 is 5.97. The average Bonchev–Trinajstić information content (AvgIpc) is 3.25. The molecule has 190 valence electrons. The van der Waals surface area contributed by atoms with E-state index in [1.54, 1.807) is 11.0 Å². The molecule has 1 saturated heterocycles. The van der Waals surface area contributed by atoms with E-state index in [1.165, 1.54) is 11.3 Å². The third kappa shape index (κ3) is 4.46. The minimum absolute atomic E-state index is 0.0465. The number of thiazole rings is 1. The van der Waals surface area contributed by atoms with Crippen LogP contribution in [0.5, 0.6) is 0 Å². The van der Waals surface area contributed by atoms with E-state index in [-0.39, 0.29) is 28.8 Å². The molecule has 1 aliphatic heterocycles. The molecule has 3 aromatic rings. The first-order chi connectivity index (χ1) is 17.9. The second-order valence-electron chi connectivity index (χ2n) is 10.6. The van der Waals surface area contributed by atoms with Gasteiger partial charge < -0.3 is 9.73 Å². The number of Topliss-reactive ketones (excluding diaryl/α,β-unsaturated/α-hetero) is 1. The molecule has 0 bridgehead atoms. The molecule has 0 unspecified atom stereocenters. The van der Waals surface area contributed by atoms with Gasteiger partial charge in [-0.05, 0) is 44.2 Å². The van der Waals surface area contributed by atoms with Gasteiger partial charge in [0.1, 0.15) is 5.58 Å². The number of anilines is 1. The first kappa shape index (κ1) is 23.9. The Morgan fingerprint density at radius 1 is 1.14 bits per heavy atom. The van der Waals surface area contributed by atoms with Gasteiger partial charge in [0, 0.05) is 41.1 Å². The molecule has 3 aliphatic rings. The number of amides is 2. The molecular weight excluding hydrogens is 486 g/mol. The third-order valence-electron chi connectivity index (χ3n) is 8.09. The summed E-state index contributed by atoms with van der Waals surface area (Å²) in [4.78, 5) is 45.2. The normalized spacial score (nSPS) is 20.1. The molecule has 1 N–H and O–H groups in total. The lowest BCUT2D eigenvalue weighted by Gasteiger charge is -2.37. The lowest BCUT2D eigenvalue weighted by Crippen LogP contribution is -2.56. The van der Waals surface area contributed by atoms with E-state index in [0.717, 1.165) is 55.2 Å². The van der Waals surface area contributed by atoms with E-state index in [2.05, 4.69) is 16.2 Å². The van der Waals surface area contributed by atoms with Gasteiger partial charge in [-0.25, -0.2) is 4.98 Å². The fourth-order valence-electron chi connectivity index (χ4n) is 5.58. The SMILES string of the molecule is C#CC1(CC(=O)C2(NC(=O)c3cc4ccc(-c5csc(N6CCCC6=O)n5)cc4o3)CCCCC2)CC1. The molecule has 7 nitrogen and oxygen atoms in total. The van der Waals surface area contributed by atoms with Gasteiger partial charge in [0.05, 0.1) is 11.2 Å². The molecule has 2 amide bonds. The van der Waals surface area contributed by atoms with Crippen molar-refractivity contribution in [1.82, 2.24) is 10.3 Å². The van der Waals surface area contributed by atoms with Gasteiger partial charge >= 0.3 is 0 Å². The number of benzene rings is 1. The first-order valence-corrected chi connectivity index (χ1v) is 13.9. The Hall–Kier alpha value is -3.44. The minimum atomic E-state index is -0.879. The van der Waals surface area contributed by atoms with E-state index in [1.807, 2.05) is 23.6 Å². The number of fused-ring (bicyclic) bond motifs is 1. The van der Waals surface area contributed by atoms with Crippen LogP contribution in [0.25, 0.3) is 22.2 Å². The predicted molar refractivity (Wildman–Crippen MR) is 142 cm³/mol. The Morgan fingerprint density at radius 3 is 2.65 bits per heavy atom. The maximum atomic E-state index is 13.4. The minimum Gasteiger partial charge on any atom is -0.451 e. The average molecular weight is 516 g/mol. The van der Waals surface area contributed by atoms with E-state index in [0.29, 0.717) is 42.9 Å². The molecule has 3 heterocycles. The van der Waals surface area contributed by atoms with Crippen LogP contribution in [0.15, 0.2) is 34.1 Å². The molecule has 0 atom stereocenters. The Kier molecular flexibility index (Phi) is 5.91. The molecule has 37 heavy (non-hydrogen) atoms. The van der Waals surface area contributed by atoms with Gasteiger partial charge in [-0.3, -0.25) is 19.3 Å². The Bertz CT molecular complexity index is 1430. The molecule has 2 aliphatic carbocycles. The van der Waals surface area contributed by atoms with Crippen molar-refractivity contribution in [2.24, 2.45) is 5.41 Å². The van der Waals surface area contributed by atoms with Gasteiger partial charge in [-0.15, -0.1) is 17.8 Å². The van der Waals surface area contributed by atoms with Gasteiger partial charge in [0.15, 0.2) is 16.7 Å². The third-order valence-corrected chi connectivity index (χ3v) is 8.95. The lowest BCUT2D eigenvalue weighted by atomic mass is 9.75. The Labute approximate surface area is 219 Å².